The van der Waals surface area contributed by atoms with Gasteiger partial charge in [-0.05, 0) is 88.6 Å². The predicted octanol–water partition coefficient (Wildman–Crippen LogP) is 2.54. The third kappa shape index (κ3) is 3.95. The zero-order valence-corrected chi connectivity index (χ0v) is 14.8. The largest absolute Gasteiger partial charge is 0.378 e. The van der Waals surface area contributed by atoms with Crippen LogP contribution in [0.15, 0.2) is 0 Å². The minimum atomic E-state index is -0.603. The van der Waals surface area contributed by atoms with Crippen LogP contribution >= 0.6 is 0 Å². The number of halogens is 1. The van der Waals surface area contributed by atoms with Gasteiger partial charge in [0.15, 0.2) is 0 Å². The van der Waals surface area contributed by atoms with Crippen molar-refractivity contribution in [3.63, 3.8) is 0 Å². The van der Waals surface area contributed by atoms with Gasteiger partial charge in [0.2, 0.25) is 0 Å². The minimum absolute atomic E-state index is 0.404. The third-order valence-electron chi connectivity index (χ3n) is 6.86. The standard InChI is InChI=1S/C19H34FN3O/c20-15-10-13-3-1-6-21-7-2-8-24-16-4-5-18-17(12-16)19(23-22-18)14(9-13)11-15/h13-19,21-23H,1-12H2. The molecule has 0 aromatic rings. The Hall–Kier alpha value is -0.230. The van der Waals surface area contributed by atoms with Gasteiger partial charge in [0.1, 0.15) is 6.17 Å². The highest BCUT2D eigenvalue weighted by Crippen LogP contribution is 2.42. The summed E-state index contributed by atoms with van der Waals surface area (Å²) in [6.45, 7) is 2.98. The van der Waals surface area contributed by atoms with Gasteiger partial charge in [-0.25, -0.2) is 4.39 Å². The third-order valence-corrected chi connectivity index (χ3v) is 6.86. The van der Waals surface area contributed by atoms with Crippen LogP contribution in [0, 0.1) is 17.8 Å². The molecule has 0 aromatic heterocycles. The normalized spacial score (nSPS) is 47.6. The average molecular weight is 339 g/mol. The molecule has 7 atom stereocenters. The summed E-state index contributed by atoms with van der Waals surface area (Å²) in [5.74, 6) is 1.67. The summed E-state index contributed by atoms with van der Waals surface area (Å²) in [7, 11) is 0. The van der Waals surface area contributed by atoms with Crippen molar-refractivity contribution in [1.29, 1.82) is 0 Å². The van der Waals surface area contributed by atoms with E-state index < -0.39 is 6.17 Å². The lowest BCUT2D eigenvalue weighted by molar-refractivity contribution is 0.00159. The molecule has 4 fully saturated rings. The first-order chi connectivity index (χ1) is 11.8. The summed E-state index contributed by atoms with van der Waals surface area (Å²) < 4.78 is 20.6. The summed E-state index contributed by atoms with van der Waals surface area (Å²) in [5.41, 5.74) is 7.10. The van der Waals surface area contributed by atoms with Gasteiger partial charge in [-0.1, -0.05) is 0 Å². The molecular formula is C19H34FN3O. The molecule has 3 N–H and O–H groups in total. The van der Waals surface area contributed by atoms with Crippen molar-refractivity contribution in [1.82, 2.24) is 16.2 Å². The van der Waals surface area contributed by atoms with Crippen molar-refractivity contribution in [2.75, 3.05) is 19.7 Å². The van der Waals surface area contributed by atoms with Crippen molar-refractivity contribution in [3.05, 3.63) is 0 Å². The molecule has 24 heavy (non-hydrogen) atoms. The lowest BCUT2D eigenvalue weighted by Gasteiger charge is -2.39. The highest BCUT2D eigenvalue weighted by atomic mass is 19.1. The van der Waals surface area contributed by atoms with Gasteiger partial charge >= 0.3 is 0 Å². The fraction of sp³-hybridized carbons (Fsp3) is 1.00. The Morgan fingerprint density at radius 2 is 1.79 bits per heavy atom. The minimum Gasteiger partial charge on any atom is -0.378 e. The number of hydrogen-bond acceptors (Lipinski definition) is 4. The van der Waals surface area contributed by atoms with Crippen molar-refractivity contribution in [2.24, 2.45) is 17.8 Å². The lowest BCUT2D eigenvalue weighted by Crippen LogP contribution is -2.43. The number of hydrazine groups is 1. The Kier molecular flexibility index (Phi) is 5.72. The van der Waals surface area contributed by atoms with Crippen LogP contribution in [-0.2, 0) is 4.74 Å². The summed E-state index contributed by atoms with van der Waals surface area (Å²) in [6.07, 6.45) is 9.49. The van der Waals surface area contributed by atoms with E-state index in [0.717, 1.165) is 51.8 Å². The fourth-order valence-electron chi connectivity index (χ4n) is 5.69. The second-order valence-electron chi connectivity index (χ2n) is 8.57. The van der Waals surface area contributed by atoms with E-state index in [2.05, 4.69) is 16.2 Å². The molecule has 2 saturated heterocycles. The molecular weight excluding hydrogens is 305 g/mol. The number of rotatable bonds is 0. The molecule has 0 spiro atoms. The molecule has 4 nitrogen and oxygen atoms in total. The first-order valence-electron chi connectivity index (χ1n) is 10.3. The maximum Gasteiger partial charge on any atom is 0.101 e. The molecule has 2 heterocycles. The van der Waals surface area contributed by atoms with Gasteiger partial charge in [-0.2, -0.15) is 0 Å². The Morgan fingerprint density at radius 3 is 2.75 bits per heavy atom. The second kappa shape index (κ2) is 7.98. The lowest BCUT2D eigenvalue weighted by atomic mass is 9.69. The van der Waals surface area contributed by atoms with E-state index in [9.17, 15) is 4.39 Å². The smallest absolute Gasteiger partial charge is 0.101 e. The molecule has 2 aliphatic carbocycles. The van der Waals surface area contributed by atoms with Crippen molar-refractivity contribution >= 4 is 0 Å². The molecule has 7 unspecified atom stereocenters. The van der Waals surface area contributed by atoms with Crippen LogP contribution < -0.4 is 16.2 Å². The van der Waals surface area contributed by atoms with E-state index >= 15 is 0 Å². The molecule has 0 radical (unpaired) electrons. The van der Waals surface area contributed by atoms with Crippen LogP contribution in [0.1, 0.15) is 57.8 Å². The quantitative estimate of drug-likeness (QED) is 0.635. The van der Waals surface area contributed by atoms with Crippen LogP contribution in [0.2, 0.25) is 0 Å². The number of nitrogens with one attached hydrogen (secondary N) is 3. The molecule has 138 valence electrons. The van der Waals surface area contributed by atoms with Crippen molar-refractivity contribution in [3.8, 4) is 0 Å². The molecule has 2 saturated carbocycles. The molecule has 5 heteroatoms. The van der Waals surface area contributed by atoms with Crippen LogP contribution in [-0.4, -0.2) is 44.1 Å². The monoisotopic (exact) mass is 339 g/mol. The first-order valence-corrected chi connectivity index (χ1v) is 10.3. The van der Waals surface area contributed by atoms with E-state index in [0.29, 0.717) is 35.9 Å². The van der Waals surface area contributed by atoms with Crippen LogP contribution in [0.4, 0.5) is 4.39 Å². The molecule has 4 bridgehead atoms. The van der Waals surface area contributed by atoms with E-state index in [1.807, 2.05) is 0 Å². The zero-order valence-electron chi connectivity index (χ0n) is 14.8. The van der Waals surface area contributed by atoms with Gasteiger partial charge in [-0.3, -0.25) is 10.9 Å². The molecule has 0 amide bonds. The maximum atomic E-state index is 14.4. The van der Waals surface area contributed by atoms with E-state index in [-0.39, 0.29) is 0 Å². The molecule has 2 aliphatic heterocycles. The summed E-state index contributed by atoms with van der Waals surface area (Å²) in [5, 5.41) is 3.53. The highest BCUT2D eigenvalue weighted by Gasteiger charge is 2.45. The van der Waals surface area contributed by atoms with Crippen LogP contribution in [0.3, 0.4) is 0 Å². The predicted molar refractivity (Wildman–Crippen MR) is 93.4 cm³/mol. The topological polar surface area (TPSA) is 45.3 Å². The van der Waals surface area contributed by atoms with Gasteiger partial charge < -0.3 is 10.1 Å². The molecule has 4 rings (SSSR count). The highest BCUT2D eigenvalue weighted by molar-refractivity contribution is 5.00. The number of hydrogen-bond donors (Lipinski definition) is 3. The number of alkyl halides is 1. The Bertz CT molecular complexity index is 410. The van der Waals surface area contributed by atoms with Gasteiger partial charge in [-0.15, -0.1) is 0 Å². The summed E-state index contributed by atoms with van der Waals surface area (Å²) in [4.78, 5) is 0. The van der Waals surface area contributed by atoms with Crippen LogP contribution in [0.25, 0.3) is 0 Å². The Morgan fingerprint density at radius 1 is 0.875 bits per heavy atom. The summed E-state index contributed by atoms with van der Waals surface area (Å²) in [6, 6.07) is 0.997. The molecule has 4 aliphatic rings. The summed E-state index contributed by atoms with van der Waals surface area (Å²) >= 11 is 0. The van der Waals surface area contributed by atoms with Crippen molar-refractivity contribution in [2.45, 2.75) is 82.1 Å². The molecule has 0 aromatic carbocycles. The van der Waals surface area contributed by atoms with Gasteiger partial charge in [0.25, 0.3) is 0 Å². The van der Waals surface area contributed by atoms with E-state index in [1.54, 1.807) is 0 Å². The zero-order chi connectivity index (χ0) is 16.4. The average Bonchev–Trinajstić information content (AvgIpc) is 2.99. The first kappa shape index (κ1) is 17.2. The maximum absolute atomic E-state index is 14.4. The van der Waals surface area contributed by atoms with Gasteiger partial charge in [0, 0.05) is 18.7 Å². The van der Waals surface area contributed by atoms with Crippen LogP contribution in [0.5, 0.6) is 0 Å². The van der Waals surface area contributed by atoms with E-state index in [1.165, 1.54) is 25.7 Å². The number of ether oxygens (including phenoxy) is 1. The van der Waals surface area contributed by atoms with E-state index in [4.69, 9.17) is 4.74 Å². The second-order valence-corrected chi connectivity index (χ2v) is 8.57. The fourth-order valence-corrected chi connectivity index (χ4v) is 5.69. The Balaban J connectivity index is 1.47. The SMILES string of the molecule is FC1CC2CCCNCCCOC3CCC4NNC(C(C1)C2)C4C3. The van der Waals surface area contributed by atoms with Gasteiger partial charge in [0.05, 0.1) is 6.10 Å². The van der Waals surface area contributed by atoms with Crippen molar-refractivity contribution < 1.29 is 9.13 Å². The number of fused-ring (bicyclic) bond motifs is 4. The Labute approximate surface area is 145 Å².